The molecule has 2 rings (SSSR count). The molecule has 76 valence electrons. The molecule has 0 radical (unpaired) electrons. The van der Waals surface area contributed by atoms with E-state index in [1.54, 1.807) is 7.11 Å². The minimum absolute atomic E-state index is 0.488. The molecule has 0 saturated heterocycles. The molecule has 1 atom stereocenters. The van der Waals surface area contributed by atoms with E-state index < -0.39 is 0 Å². The lowest BCUT2D eigenvalue weighted by Gasteiger charge is -2.18. The van der Waals surface area contributed by atoms with Gasteiger partial charge in [-0.3, -0.25) is 0 Å². The van der Waals surface area contributed by atoms with Gasteiger partial charge in [0, 0.05) is 12.8 Å². The second kappa shape index (κ2) is 4.47. The van der Waals surface area contributed by atoms with Gasteiger partial charge in [-0.1, -0.05) is 18.2 Å². The smallest absolute Gasteiger partial charge is 0.0666 e. The van der Waals surface area contributed by atoms with Crippen LogP contribution in [0.5, 0.6) is 0 Å². The molecule has 0 amide bonds. The molecule has 1 saturated carbocycles. The molecule has 14 heavy (non-hydrogen) atoms. The summed E-state index contributed by atoms with van der Waals surface area (Å²) in [5.41, 5.74) is 1.20. The predicted molar refractivity (Wildman–Crippen MR) is 58.5 cm³/mol. The molecule has 1 aromatic carbocycles. The number of nitrogens with one attached hydrogen (secondary N) is 1. The maximum absolute atomic E-state index is 5.21. The van der Waals surface area contributed by atoms with Crippen LogP contribution >= 0.6 is 0 Å². The van der Waals surface area contributed by atoms with Gasteiger partial charge in [-0.15, -0.1) is 0 Å². The van der Waals surface area contributed by atoms with E-state index >= 15 is 0 Å². The predicted octanol–water partition coefficient (Wildman–Crippen LogP) is 2.52. The normalized spacial score (nSPS) is 17.8. The third kappa shape index (κ3) is 2.48. The van der Waals surface area contributed by atoms with Crippen LogP contribution in [0.25, 0.3) is 0 Å². The third-order valence-corrected chi connectivity index (χ3v) is 2.66. The van der Waals surface area contributed by atoms with Gasteiger partial charge in [0.05, 0.1) is 12.6 Å². The molecule has 1 unspecified atom stereocenters. The number of benzene rings is 1. The first-order chi connectivity index (χ1) is 6.90. The zero-order chi connectivity index (χ0) is 9.80. The van der Waals surface area contributed by atoms with Gasteiger partial charge in [-0.05, 0) is 30.9 Å². The molecule has 1 N–H and O–H groups in total. The topological polar surface area (TPSA) is 21.3 Å². The molecule has 1 fully saturated rings. The molecule has 0 heterocycles. The summed E-state index contributed by atoms with van der Waals surface area (Å²) in [6, 6.07) is 10.8. The fraction of sp³-hybridized carbons (Fsp3) is 0.500. The van der Waals surface area contributed by atoms with Crippen molar-refractivity contribution in [1.82, 2.24) is 0 Å². The molecule has 2 nitrogen and oxygen atoms in total. The summed E-state index contributed by atoms with van der Waals surface area (Å²) in [6.07, 6.45) is 2.68. The van der Waals surface area contributed by atoms with Crippen molar-refractivity contribution in [2.45, 2.75) is 18.9 Å². The monoisotopic (exact) mass is 191 g/mol. The maximum atomic E-state index is 5.21. The van der Waals surface area contributed by atoms with Crippen molar-refractivity contribution in [3.63, 3.8) is 0 Å². The van der Waals surface area contributed by atoms with Crippen molar-refractivity contribution in [2.24, 2.45) is 5.92 Å². The summed E-state index contributed by atoms with van der Waals surface area (Å²) in [5, 5.41) is 3.52. The molecule has 1 aromatic rings. The summed E-state index contributed by atoms with van der Waals surface area (Å²) in [4.78, 5) is 0. The number of anilines is 1. The Morgan fingerprint density at radius 3 is 2.64 bits per heavy atom. The van der Waals surface area contributed by atoms with Crippen molar-refractivity contribution >= 4 is 5.69 Å². The van der Waals surface area contributed by atoms with Gasteiger partial charge in [-0.2, -0.15) is 0 Å². The zero-order valence-corrected chi connectivity index (χ0v) is 8.57. The highest BCUT2D eigenvalue weighted by Crippen LogP contribution is 2.34. The standard InChI is InChI=1S/C12H17NO/c1-14-9-12(10-7-8-10)13-11-5-3-2-4-6-11/h2-6,10,12-13H,7-9H2,1H3. The van der Waals surface area contributed by atoms with Crippen LogP contribution in [-0.4, -0.2) is 19.8 Å². The number of ether oxygens (including phenoxy) is 1. The van der Waals surface area contributed by atoms with E-state index in [1.165, 1.54) is 18.5 Å². The molecule has 2 heteroatoms. The molecule has 0 spiro atoms. The summed E-state index contributed by atoms with van der Waals surface area (Å²) in [6.45, 7) is 0.805. The maximum Gasteiger partial charge on any atom is 0.0666 e. The number of hydrogen-bond acceptors (Lipinski definition) is 2. The Morgan fingerprint density at radius 1 is 1.36 bits per heavy atom. The zero-order valence-electron chi connectivity index (χ0n) is 8.57. The summed E-state index contributed by atoms with van der Waals surface area (Å²) >= 11 is 0. The minimum atomic E-state index is 0.488. The molecule has 0 aromatic heterocycles. The summed E-state index contributed by atoms with van der Waals surface area (Å²) < 4.78 is 5.21. The Bertz CT molecular complexity index is 269. The van der Waals surface area contributed by atoms with Crippen LogP contribution in [0.2, 0.25) is 0 Å². The molecule has 1 aliphatic rings. The van der Waals surface area contributed by atoms with Gasteiger partial charge >= 0.3 is 0 Å². The molecular formula is C12H17NO. The Morgan fingerprint density at radius 2 is 2.07 bits per heavy atom. The van der Waals surface area contributed by atoms with Gasteiger partial charge in [0.2, 0.25) is 0 Å². The van der Waals surface area contributed by atoms with Crippen LogP contribution in [0.4, 0.5) is 5.69 Å². The van der Waals surface area contributed by atoms with Crippen molar-refractivity contribution in [1.29, 1.82) is 0 Å². The Hall–Kier alpha value is -1.02. The largest absolute Gasteiger partial charge is 0.383 e. The molecule has 1 aliphatic carbocycles. The fourth-order valence-electron chi connectivity index (χ4n) is 1.72. The van der Waals surface area contributed by atoms with Gasteiger partial charge in [0.15, 0.2) is 0 Å². The van der Waals surface area contributed by atoms with E-state index in [9.17, 15) is 0 Å². The van der Waals surface area contributed by atoms with Crippen LogP contribution < -0.4 is 5.32 Å². The van der Waals surface area contributed by atoms with Crippen LogP contribution in [0, 0.1) is 5.92 Å². The van der Waals surface area contributed by atoms with Gasteiger partial charge < -0.3 is 10.1 Å². The second-order valence-electron chi connectivity index (χ2n) is 3.91. The van der Waals surface area contributed by atoms with Crippen LogP contribution in [0.15, 0.2) is 30.3 Å². The first-order valence-corrected chi connectivity index (χ1v) is 5.20. The van der Waals surface area contributed by atoms with E-state index in [-0.39, 0.29) is 0 Å². The third-order valence-electron chi connectivity index (χ3n) is 2.66. The van der Waals surface area contributed by atoms with Crippen LogP contribution in [0.1, 0.15) is 12.8 Å². The Kier molecular flexibility index (Phi) is 3.04. The average molecular weight is 191 g/mol. The molecular weight excluding hydrogens is 174 g/mol. The van der Waals surface area contributed by atoms with Crippen LogP contribution in [0.3, 0.4) is 0 Å². The molecule has 0 bridgehead atoms. The number of rotatable bonds is 5. The van der Waals surface area contributed by atoms with Gasteiger partial charge in [0.25, 0.3) is 0 Å². The summed E-state index contributed by atoms with van der Waals surface area (Å²) in [7, 11) is 1.77. The number of methoxy groups -OCH3 is 1. The summed E-state index contributed by atoms with van der Waals surface area (Å²) in [5.74, 6) is 0.815. The van der Waals surface area contributed by atoms with E-state index in [0.717, 1.165) is 12.5 Å². The Balaban J connectivity index is 1.93. The fourth-order valence-corrected chi connectivity index (χ4v) is 1.72. The highest BCUT2D eigenvalue weighted by Gasteiger charge is 2.30. The molecule has 0 aliphatic heterocycles. The first-order valence-electron chi connectivity index (χ1n) is 5.20. The van der Waals surface area contributed by atoms with E-state index in [0.29, 0.717) is 6.04 Å². The van der Waals surface area contributed by atoms with Crippen molar-refractivity contribution in [3.05, 3.63) is 30.3 Å². The van der Waals surface area contributed by atoms with E-state index in [2.05, 4.69) is 29.6 Å². The van der Waals surface area contributed by atoms with E-state index in [4.69, 9.17) is 4.74 Å². The van der Waals surface area contributed by atoms with Gasteiger partial charge in [0.1, 0.15) is 0 Å². The highest BCUT2D eigenvalue weighted by molar-refractivity contribution is 5.43. The van der Waals surface area contributed by atoms with Gasteiger partial charge in [-0.25, -0.2) is 0 Å². The highest BCUT2D eigenvalue weighted by atomic mass is 16.5. The van der Waals surface area contributed by atoms with E-state index in [1.807, 2.05) is 6.07 Å². The lowest BCUT2D eigenvalue weighted by molar-refractivity contribution is 0.179. The Labute approximate surface area is 85.3 Å². The number of para-hydroxylation sites is 1. The van der Waals surface area contributed by atoms with Crippen molar-refractivity contribution in [2.75, 3.05) is 19.0 Å². The lowest BCUT2D eigenvalue weighted by atomic mass is 10.2. The first kappa shape index (κ1) is 9.53. The van der Waals surface area contributed by atoms with Crippen molar-refractivity contribution < 1.29 is 4.74 Å². The quantitative estimate of drug-likeness (QED) is 0.772. The van der Waals surface area contributed by atoms with Crippen molar-refractivity contribution in [3.8, 4) is 0 Å². The second-order valence-corrected chi connectivity index (χ2v) is 3.91. The number of hydrogen-bond donors (Lipinski definition) is 1. The minimum Gasteiger partial charge on any atom is -0.383 e. The lowest BCUT2D eigenvalue weighted by Crippen LogP contribution is -2.26. The van der Waals surface area contributed by atoms with Crippen LogP contribution in [-0.2, 0) is 4.74 Å². The average Bonchev–Trinajstić information content (AvgIpc) is 3.02. The SMILES string of the molecule is COCC(Nc1ccccc1)C1CC1.